The average Bonchev–Trinajstić information content (AvgIpc) is 2.53. The van der Waals surface area contributed by atoms with Crippen molar-refractivity contribution in [3.05, 3.63) is 28.8 Å². The molecule has 0 aliphatic heterocycles. The molecule has 0 radical (unpaired) electrons. The minimum atomic E-state index is -1.08. The number of carbonyl (C=O) groups excluding carboxylic acids is 2. The SMILES string of the molecule is CCCCC(=O)SCC(=O)N(CC(=O)O)c1c(C)ccc(C)c1C. The fourth-order valence-corrected chi connectivity index (χ4v) is 3.12. The normalized spacial score (nSPS) is 10.5. The second-order valence-electron chi connectivity index (χ2n) is 5.81. The van der Waals surface area contributed by atoms with Crippen LogP contribution in [0.3, 0.4) is 0 Å². The summed E-state index contributed by atoms with van der Waals surface area (Å²) in [7, 11) is 0. The van der Waals surface area contributed by atoms with E-state index in [9.17, 15) is 19.5 Å². The standard InChI is InChI=1S/C18H25NO4S/c1-5-6-7-17(23)24-11-15(20)19(10-16(21)22)18-13(3)9-8-12(2)14(18)4/h8-9H,5-7,10-11H2,1-4H3,(H,21,22). The smallest absolute Gasteiger partial charge is 0.323 e. The maximum Gasteiger partial charge on any atom is 0.323 e. The zero-order chi connectivity index (χ0) is 18.3. The summed E-state index contributed by atoms with van der Waals surface area (Å²) in [5.41, 5.74) is 3.34. The van der Waals surface area contributed by atoms with Crippen LogP contribution in [0.2, 0.25) is 0 Å². The highest BCUT2D eigenvalue weighted by atomic mass is 32.2. The van der Waals surface area contributed by atoms with Gasteiger partial charge in [0, 0.05) is 6.42 Å². The molecule has 0 atom stereocenters. The van der Waals surface area contributed by atoms with Crippen molar-refractivity contribution in [1.29, 1.82) is 0 Å². The number of amides is 1. The zero-order valence-electron chi connectivity index (χ0n) is 14.7. The van der Waals surface area contributed by atoms with Gasteiger partial charge in [0.05, 0.1) is 11.4 Å². The molecule has 132 valence electrons. The highest BCUT2D eigenvalue weighted by molar-refractivity contribution is 8.14. The third kappa shape index (κ3) is 5.67. The number of nitrogens with zero attached hydrogens (tertiary/aromatic N) is 1. The highest BCUT2D eigenvalue weighted by Crippen LogP contribution is 2.28. The van der Waals surface area contributed by atoms with E-state index in [1.807, 2.05) is 39.8 Å². The van der Waals surface area contributed by atoms with Crippen LogP contribution in [0, 0.1) is 20.8 Å². The molecule has 1 aromatic carbocycles. The molecule has 0 spiro atoms. The lowest BCUT2D eigenvalue weighted by molar-refractivity contribution is -0.136. The van der Waals surface area contributed by atoms with Crippen LogP contribution >= 0.6 is 11.8 Å². The molecule has 0 heterocycles. The van der Waals surface area contributed by atoms with Crippen LogP contribution in [0.4, 0.5) is 5.69 Å². The third-order valence-corrected chi connectivity index (χ3v) is 4.78. The van der Waals surface area contributed by atoms with E-state index in [0.717, 1.165) is 41.3 Å². The Morgan fingerprint density at radius 1 is 1.12 bits per heavy atom. The van der Waals surface area contributed by atoms with Crippen molar-refractivity contribution in [3.8, 4) is 0 Å². The van der Waals surface area contributed by atoms with Gasteiger partial charge in [0.25, 0.3) is 0 Å². The molecule has 0 saturated heterocycles. The first-order valence-electron chi connectivity index (χ1n) is 8.02. The summed E-state index contributed by atoms with van der Waals surface area (Å²) < 4.78 is 0. The van der Waals surface area contributed by atoms with Gasteiger partial charge in [-0.15, -0.1) is 0 Å². The second kappa shape index (κ2) is 9.47. The Kier molecular flexibility index (Phi) is 7.98. The number of aryl methyl sites for hydroxylation is 2. The predicted octanol–water partition coefficient (Wildman–Crippen LogP) is 3.48. The fourth-order valence-electron chi connectivity index (χ4n) is 2.39. The van der Waals surface area contributed by atoms with Crippen LogP contribution < -0.4 is 4.90 Å². The molecule has 1 N–H and O–H groups in total. The zero-order valence-corrected chi connectivity index (χ0v) is 15.5. The molecule has 0 aromatic heterocycles. The molecule has 0 aliphatic carbocycles. The monoisotopic (exact) mass is 351 g/mol. The molecule has 24 heavy (non-hydrogen) atoms. The van der Waals surface area contributed by atoms with Crippen molar-refractivity contribution in [2.75, 3.05) is 17.2 Å². The van der Waals surface area contributed by atoms with Gasteiger partial charge in [0.1, 0.15) is 6.54 Å². The summed E-state index contributed by atoms with van der Waals surface area (Å²) in [6.07, 6.45) is 2.16. The number of hydrogen-bond donors (Lipinski definition) is 1. The van der Waals surface area contributed by atoms with E-state index in [-0.39, 0.29) is 16.8 Å². The van der Waals surface area contributed by atoms with E-state index in [1.54, 1.807) is 0 Å². The fraction of sp³-hybridized carbons (Fsp3) is 0.500. The molecule has 1 aromatic rings. The number of carbonyl (C=O) groups is 3. The summed E-state index contributed by atoms with van der Waals surface area (Å²) in [6, 6.07) is 3.82. The molecular formula is C18H25NO4S. The van der Waals surface area contributed by atoms with Crippen molar-refractivity contribution < 1.29 is 19.5 Å². The molecule has 0 aliphatic rings. The Hall–Kier alpha value is -1.82. The maximum atomic E-state index is 12.6. The highest BCUT2D eigenvalue weighted by Gasteiger charge is 2.23. The van der Waals surface area contributed by atoms with Crippen LogP contribution in [0.1, 0.15) is 42.9 Å². The van der Waals surface area contributed by atoms with Gasteiger partial charge in [-0.05, 0) is 43.9 Å². The first kappa shape index (κ1) is 20.2. The lowest BCUT2D eigenvalue weighted by atomic mass is 10.0. The van der Waals surface area contributed by atoms with Gasteiger partial charge in [-0.25, -0.2) is 0 Å². The van der Waals surface area contributed by atoms with Gasteiger partial charge in [0.15, 0.2) is 5.12 Å². The first-order valence-corrected chi connectivity index (χ1v) is 9.01. The minimum absolute atomic E-state index is 0.0295. The first-order chi connectivity index (χ1) is 11.3. The van der Waals surface area contributed by atoms with E-state index in [4.69, 9.17) is 0 Å². The molecule has 1 amide bonds. The van der Waals surface area contributed by atoms with Gasteiger partial charge >= 0.3 is 5.97 Å². The molecule has 1 rings (SSSR count). The Morgan fingerprint density at radius 2 is 1.75 bits per heavy atom. The van der Waals surface area contributed by atoms with Crippen molar-refractivity contribution in [1.82, 2.24) is 0 Å². The lowest BCUT2D eigenvalue weighted by Crippen LogP contribution is -2.38. The molecule has 0 unspecified atom stereocenters. The summed E-state index contributed by atoms with van der Waals surface area (Å²) >= 11 is 0.967. The quantitative estimate of drug-likeness (QED) is 0.776. The van der Waals surface area contributed by atoms with Gasteiger partial charge in [-0.2, -0.15) is 0 Å². The summed E-state index contributed by atoms with van der Waals surface area (Å²) in [5, 5.41) is 9.14. The van der Waals surface area contributed by atoms with Crippen LogP contribution in [-0.4, -0.2) is 34.4 Å². The third-order valence-electron chi connectivity index (χ3n) is 3.86. The Morgan fingerprint density at radius 3 is 2.33 bits per heavy atom. The largest absolute Gasteiger partial charge is 0.480 e. The van der Waals surface area contributed by atoms with Crippen LogP contribution in [0.25, 0.3) is 0 Å². The van der Waals surface area contributed by atoms with Gasteiger partial charge in [-0.3, -0.25) is 19.3 Å². The molecular weight excluding hydrogens is 326 g/mol. The number of rotatable bonds is 8. The van der Waals surface area contributed by atoms with E-state index in [2.05, 4.69) is 0 Å². The van der Waals surface area contributed by atoms with Gasteiger partial charge < -0.3 is 5.11 Å². The van der Waals surface area contributed by atoms with E-state index < -0.39 is 12.5 Å². The molecule has 0 saturated carbocycles. The van der Waals surface area contributed by atoms with E-state index in [1.165, 1.54) is 4.90 Å². The number of unbranched alkanes of at least 4 members (excludes halogenated alkanes) is 1. The number of carboxylic acid groups (broad SMARTS) is 1. The van der Waals surface area contributed by atoms with Crippen LogP contribution in [-0.2, 0) is 14.4 Å². The minimum Gasteiger partial charge on any atom is -0.480 e. The van der Waals surface area contributed by atoms with Crippen molar-refractivity contribution in [3.63, 3.8) is 0 Å². The van der Waals surface area contributed by atoms with Gasteiger partial charge in [0.2, 0.25) is 5.91 Å². The van der Waals surface area contributed by atoms with Crippen LogP contribution in [0.15, 0.2) is 12.1 Å². The van der Waals surface area contributed by atoms with E-state index in [0.29, 0.717) is 12.1 Å². The van der Waals surface area contributed by atoms with Gasteiger partial charge in [-0.1, -0.05) is 37.2 Å². The second-order valence-corrected chi connectivity index (χ2v) is 6.84. The molecule has 0 bridgehead atoms. The van der Waals surface area contributed by atoms with Crippen molar-refractivity contribution in [2.24, 2.45) is 0 Å². The maximum absolute atomic E-state index is 12.6. The topological polar surface area (TPSA) is 74.7 Å². The molecule has 6 heteroatoms. The summed E-state index contributed by atoms with van der Waals surface area (Å²) in [6.45, 7) is 7.24. The van der Waals surface area contributed by atoms with Crippen molar-refractivity contribution in [2.45, 2.75) is 47.0 Å². The number of anilines is 1. The number of hydrogen-bond acceptors (Lipinski definition) is 4. The Bertz CT molecular complexity index is 628. The average molecular weight is 351 g/mol. The lowest BCUT2D eigenvalue weighted by Gasteiger charge is -2.25. The predicted molar refractivity (Wildman–Crippen MR) is 97.6 cm³/mol. The van der Waals surface area contributed by atoms with Crippen LogP contribution in [0.5, 0.6) is 0 Å². The van der Waals surface area contributed by atoms with E-state index >= 15 is 0 Å². The Labute approximate surface area is 147 Å². The molecule has 5 nitrogen and oxygen atoms in total. The summed E-state index contributed by atoms with van der Waals surface area (Å²) in [4.78, 5) is 36.8. The molecule has 0 fully saturated rings. The Balaban J connectivity index is 2.98. The number of carboxylic acids is 1. The number of aliphatic carboxylic acids is 1. The summed E-state index contributed by atoms with van der Waals surface area (Å²) in [5.74, 6) is -1.47. The van der Waals surface area contributed by atoms with Crippen molar-refractivity contribution >= 4 is 34.4 Å². The number of benzene rings is 1. The number of thioether (sulfide) groups is 1.